The molecule has 0 fully saturated rings. The van der Waals surface area contributed by atoms with Gasteiger partial charge in [-0.15, -0.1) is 0 Å². The zero-order valence-corrected chi connectivity index (χ0v) is 11.7. The normalized spacial score (nSPS) is 10.6. The van der Waals surface area contributed by atoms with Crippen LogP contribution in [-0.4, -0.2) is 19.4 Å². The second-order valence-electron chi connectivity index (χ2n) is 4.89. The van der Waals surface area contributed by atoms with E-state index in [1.54, 1.807) is 0 Å². The van der Waals surface area contributed by atoms with Gasteiger partial charge in [0.05, 0.1) is 0 Å². The molecule has 102 valence electrons. The van der Waals surface area contributed by atoms with E-state index in [2.05, 4.69) is 12.2 Å². The van der Waals surface area contributed by atoms with Crippen LogP contribution in [0.1, 0.15) is 77.6 Å². The van der Waals surface area contributed by atoms with E-state index in [1.807, 2.05) is 0 Å². The van der Waals surface area contributed by atoms with Gasteiger partial charge >= 0.3 is 0 Å². The fourth-order valence-corrected chi connectivity index (χ4v) is 1.99. The highest BCUT2D eigenvalue weighted by Gasteiger charge is 1.92. The standard InChI is InChI=1S/C15H31NO/c1-2-3-4-5-6-7-10-13-16-14-11-8-9-12-15-17/h15-16H,2-14H2,1H3. The molecule has 0 aromatic rings. The first-order chi connectivity index (χ1) is 8.41. The maximum Gasteiger partial charge on any atom is 0.119 e. The molecule has 2 nitrogen and oxygen atoms in total. The largest absolute Gasteiger partial charge is 0.317 e. The summed E-state index contributed by atoms with van der Waals surface area (Å²) in [5, 5.41) is 3.48. The molecule has 0 bridgehead atoms. The number of unbranched alkanes of at least 4 members (excludes halogenated alkanes) is 9. The lowest BCUT2D eigenvalue weighted by Crippen LogP contribution is -2.16. The van der Waals surface area contributed by atoms with Crippen LogP contribution in [0.5, 0.6) is 0 Å². The Hall–Kier alpha value is -0.370. The first-order valence-corrected chi connectivity index (χ1v) is 7.56. The van der Waals surface area contributed by atoms with Gasteiger partial charge in [-0.25, -0.2) is 0 Å². The Bertz CT molecular complexity index is 148. The van der Waals surface area contributed by atoms with Crippen molar-refractivity contribution in [2.45, 2.75) is 77.6 Å². The Balaban J connectivity index is 2.87. The molecule has 0 aliphatic heterocycles. The zero-order valence-electron chi connectivity index (χ0n) is 11.7. The number of carbonyl (C=O) groups excluding carboxylic acids is 1. The van der Waals surface area contributed by atoms with Gasteiger partial charge in [0, 0.05) is 6.42 Å². The summed E-state index contributed by atoms with van der Waals surface area (Å²) in [5.41, 5.74) is 0. The molecular weight excluding hydrogens is 210 g/mol. The number of aldehydes is 1. The minimum atomic E-state index is 0.734. The van der Waals surface area contributed by atoms with E-state index in [1.165, 1.54) is 64.3 Å². The number of carbonyl (C=O) groups is 1. The van der Waals surface area contributed by atoms with Gasteiger partial charge in [-0.1, -0.05) is 51.9 Å². The van der Waals surface area contributed by atoms with Crippen LogP contribution in [0.2, 0.25) is 0 Å². The third kappa shape index (κ3) is 15.6. The summed E-state index contributed by atoms with van der Waals surface area (Å²) in [5.74, 6) is 0. The summed E-state index contributed by atoms with van der Waals surface area (Å²) < 4.78 is 0. The summed E-state index contributed by atoms with van der Waals surface area (Å²) in [6.07, 6.45) is 14.9. The fourth-order valence-electron chi connectivity index (χ4n) is 1.99. The van der Waals surface area contributed by atoms with E-state index in [0.29, 0.717) is 0 Å². The van der Waals surface area contributed by atoms with Crippen molar-refractivity contribution < 1.29 is 4.79 Å². The molecule has 1 N–H and O–H groups in total. The maximum absolute atomic E-state index is 10.1. The van der Waals surface area contributed by atoms with Crippen LogP contribution >= 0.6 is 0 Å². The van der Waals surface area contributed by atoms with Crippen LogP contribution in [-0.2, 0) is 4.79 Å². The van der Waals surface area contributed by atoms with Gasteiger partial charge in [-0.2, -0.15) is 0 Å². The SMILES string of the molecule is CCCCCCCCCNCCCCCC=O. The lowest BCUT2D eigenvalue weighted by atomic mass is 10.1. The molecule has 17 heavy (non-hydrogen) atoms. The van der Waals surface area contributed by atoms with E-state index in [0.717, 1.165) is 25.7 Å². The molecule has 0 aliphatic carbocycles. The number of hydrogen-bond acceptors (Lipinski definition) is 2. The third-order valence-corrected chi connectivity index (χ3v) is 3.13. The van der Waals surface area contributed by atoms with Crippen molar-refractivity contribution in [1.82, 2.24) is 5.32 Å². The van der Waals surface area contributed by atoms with Crippen LogP contribution in [0.3, 0.4) is 0 Å². The predicted octanol–water partition coefficient (Wildman–Crippen LogP) is 4.09. The molecule has 0 atom stereocenters. The van der Waals surface area contributed by atoms with E-state index in [9.17, 15) is 4.79 Å². The molecule has 0 aromatic carbocycles. The zero-order chi connectivity index (χ0) is 12.6. The molecule has 0 heterocycles. The summed E-state index contributed by atoms with van der Waals surface area (Å²) in [6.45, 7) is 4.55. The fraction of sp³-hybridized carbons (Fsp3) is 0.933. The van der Waals surface area contributed by atoms with E-state index < -0.39 is 0 Å². The molecule has 0 aliphatic rings. The monoisotopic (exact) mass is 241 g/mol. The minimum absolute atomic E-state index is 0.734. The summed E-state index contributed by atoms with van der Waals surface area (Å²) in [6, 6.07) is 0. The Morgan fingerprint density at radius 3 is 1.88 bits per heavy atom. The quantitative estimate of drug-likeness (QED) is 0.367. The molecule has 0 aromatic heterocycles. The van der Waals surface area contributed by atoms with E-state index in [4.69, 9.17) is 0 Å². The van der Waals surface area contributed by atoms with Crippen molar-refractivity contribution in [2.75, 3.05) is 13.1 Å². The molecule has 0 unspecified atom stereocenters. The molecule has 0 spiro atoms. The van der Waals surface area contributed by atoms with Crippen molar-refractivity contribution in [2.24, 2.45) is 0 Å². The average molecular weight is 241 g/mol. The Morgan fingerprint density at radius 1 is 0.765 bits per heavy atom. The van der Waals surface area contributed by atoms with Crippen molar-refractivity contribution in [3.05, 3.63) is 0 Å². The summed E-state index contributed by atoms with van der Waals surface area (Å²) in [7, 11) is 0. The van der Waals surface area contributed by atoms with Gasteiger partial charge < -0.3 is 10.1 Å². The first kappa shape index (κ1) is 16.6. The predicted molar refractivity (Wildman–Crippen MR) is 75.4 cm³/mol. The average Bonchev–Trinajstić information content (AvgIpc) is 2.35. The molecule has 0 saturated carbocycles. The first-order valence-electron chi connectivity index (χ1n) is 7.56. The van der Waals surface area contributed by atoms with Crippen LogP contribution in [0, 0.1) is 0 Å². The molecular formula is C15H31NO. The van der Waals surface area contributed by atoms with Gasteiger partial charge in [0.25, 0.3) is 0 Å². The Morgan fingerprint density at radius 2 is 1.29 bits per heavy atom. The third-order valence-electron chi connectivity index (χ3n) is 3.13. The second-order valence-corrected chi connectivity index (χ2v) is 4.89. The van der Waals surface area contributed by atoms with Crippen molar-refractivity contribution in [3.8, 4) is 0 Å². The molecule has 0 amide bonds. The van der Waals surface area contributed by atoms with Gasteiger partial charge in [-0.05, 0) is 32.4 Å². The highest BCUT2D eigenvalue weighted by atomic mass is 16.1. The Labute approximate surface area is 108 Å². The number of rotatable bonds is 14. The van der Waals surface area contributed by atoms with E-state index >= 15 is 0 Å². The molecule has 0 radical (unpaired) electrons. The summed E-state index contributed by atoms with van der Waals surface area (Å²) >= 11 is 0. The van der Waals surface area contributed by atoms with Crippen molar-refractivity contribution in [3.63, 3.8) is 0 Å². The Kier molecular flexibility index (Phi) is 15.3. The van der Waals surface area contributed by atoms with Gasteiger partial charge in [-0.3, -0.25) is 0 Å². The van der Waals surface area contributed by atoms with E-state index in [-0.39, 0.29) is 0 Å². The summed E-state index contributed by atoms with van der Waals surface area (Å²) in [4.78, 5) is 10.1. The van der Waals surface area contributed by atoms with Crippen LogP contribution < -0.4 is 5.32 Å². The minimum Gasteiger partial charge on any atom is -0.317 e. The highest BCUT2D eigenvalue weighted by Crippen LogP contribution is 2.06. The van der Waals surface area contributed by atoms with Crippen molar-refractivity contribution >= 4 is 6.29 Å². The molecule has 2 heteroatoms. The van der Waals surface area contributed by atoms with Crippen LogP contribution in [0.15, 0.2) is 0 Å². The highest BCUT2D eigenvalue weighted by molar-refractivity contribution is 5.48. The van der Waals surface area contributed by atoms with Crippen LogP contribution in [0.4, 0.5) is 0 Å². The van der Waals surface area contributed by atoms with Gasteiger partial charge in [0.2, 0.25) is 0 Å². The van der Waals surface area contributed by atoms with Crippen molar-refractivity contribution in [1.29, 1.82) is 0 Å². The number of hydrogen-bond donors (Lipinski definition) is 1. The van der Waals surface area contributed by atoms with Crippen LogP contribution in [0.25, 0.3) is 0 Å². The molecule has 0 saturated heterocycles. The topological polar surface area (TPSA) is 29.1 Å². The second kappa shape index (κ2) is 15.6. The maximum atomic E-state index is 10.1. The smallest absolute Gasteiger partial charge is 0.119 e. The van der Waals surface area contributed by atoms with Gasteiger partial charge in [0.15, 0.2) is 0 Å². The number of nitrogens with one attached hydrogen (secondary N) is 1. The van der Waals surface area contributed by atoms with Gasteiger partial charge in [0.1, 0.15) is 6.29 Å². The lowest BCUT2D eigenvalue weighted by Gasteiger charge is -2.04. The molecule has 0 rings (SSSR count). The lowest BCUT2D eigenvalue weighted by molar-refractivity contribution is -0.107.